The molecule has 3 atom stereocenters. The lowest BCUT2D eigenvalue weighted by Crippen LogP contribution is -2.31. The van der Waals surface area contributed by atoms with Crippen molar-refractivity contribution in [3.63, 3.8) is 0 Å². The van der Waals surface area contributed by atoms with Crippen LogP contribution in [0.25, 0.3) is 11.1 Å². The number of para-hydroxylation sites is 2. The Morgan fingerprint density at radius 2 is 1.57 bits per heavy atom. The van der Waals surface area contributed by atoms with Crippen molar-refractivity contribution in [2.45, 2.75) is 87.9 Å². The molecule has 1 aromatic heterocycles. The van der Waals surface area contributed by atoms with Gasteiger partial charge in [0.1, 0.15) is 5.01 Å². The number of anilines is 2. The van der Waals surface area contributed by atoms with E-state index in [0.717, 1.165) is 74.2 Å². The van der Waals surface area contributed by atoms with Crippen LogP contribution in [0, 0.1) is 6.92 Å². The highest BCUT2D eigenvalue weighted by Crippen LogP contribution is 2.40. The molecule has 5 aromatic rings. The van der Waals surface area contributed by atoms with Crippen LogP contribution >= 0.6 is 23.1 Å². The first-order valence-corrected chi connectivity index (χ1v) is 20.2. The third-order valence-electron chi connectivity index (χ3n) is 9.22. The summed E-state index contributed by atoms with van der Waals surface area (Å²) in [5.41, 5.74) is 13.0. The second-order valence-electron chi connectivity index (χ2n) is 13.4. The highest BCUT2D eigenvalue weighted by Gasteiger charge is 2.32. The van der Waals surface area contributed by atoms with Gasteiger partial charge in [-0.3, -0.25) is 9.59 Å². The standard InChI is InChI=1S/C42H47N5O5S2/c1-28-46-47-42(54-28)53-27-35-24-38(31-20-18-29(26-48)19-21-31)52-41(51-35)34-13-9-12-33(23-34)32-11-8-10-30(22-32)25-44-39(49)16-4-2-3-5-17-40(50)45-37-15-7-6-14-36(37)43/h6-15,18-23,35,38,41,48H,2-5,16-17,24-27,43H2,1H3,(H,44,49)(H,45,50)/t35-,38+,41+/m1/s1. The smallest absolute Gasteiger partial charge is 0.224 e. The van der Waals surface area contributed by atoms with E-state index in [1.165, 1.54) is 0 Å². The maximum Gasteiger partial charge on any atom is 0.224 e. The first-order chi connectivity index (χ1) is 26.3. The van der Waals surface area contributed by atoms with Crippen molar-refractivity contribution in [1.82, 2.24) is 15.5 Å². The van der Waals surface area contributed by atoms with Gasteiger partial charge in [-0.15, -0.1) is 10.2 Å². The Hall–Kier alpha value is -4.59. The lowest BCUT2D eigenvalue weighted by Gasteiger charge is -2.36. The minimum Gasteiger partial charge on any atom is -0.397 e. The van der Waals surface area contributed by atoms with E-state index in [1.54, 1.807) is 35.2 Å². The molecule has 282 valence electrons. The molecule has 0 radical (unpaired) electrons. The molecule has 2 heterocycles. The minimum absolute atomic E-state index is 0.00457. The number of nitrogens with zero attached hydrogens (tertiary/aromatic N) is 2. The fourth-order valence-corrected chi connectivity index (χ4v) is 8.15. The summed E-state index contributed by atoms with van der Waals surface area (Å²) in [6.45, 7) is 2.39. The molecule has 6 rings (SSSR count). The van der Waals surface area contributed by atoms with Gasteiger partial charge in [-0.05, 0) is 71.8 Å². The molecule has 0 spiro atoms. The van der Waals surface area contributed by atoms with E-state index in [4.69, 9.17) is 15.2 Å². The number of carbonyl (C=O) groups excluding carboxylic acids is 2. The summed E-state index contributed by atoms with van der Waals surface area (Å²) in [6.07, 6.45) is 4.02. The second kappa shape index (κ2) is 19.7. The zero-order valence-corrected chi connectivity index (χ0v) is 32.0. The molecule has 5 N–H and O–H groups in total. The lowest BCUT2D eigenvalue weighted by atomic mass is 9.99. The van der Waals surface area contributed by atoms with Crippen LogP contribution in [0.5, 0.6) is 0 Å². The second-order valence-corrected chi connectivity index (χ2v) is 15.8. The number of nitrogens with two attached hydrogens (primary N) is 1. The normalized spacial score (nSPS) is 16.9. The summed E-state index contributed by atoms with van der Waals surface area (Å²) in [7, 11) is 0. The molecule has 0 saturated carbocycles. The number of nitrogen functional groups attached to an aromatic ring is 1. The van der Waals surface area contributed by atoms with Gasteiger partial charge in [0, 0.05) is 37.1 Å². The van der Waals surface area contributed by atoms with E-state index in [1.807, 2.05) is 67.6 Å². The van der Waals surface area contributed by atoms with Gasteiger partial charge in [-0.2, -0.15) is 0 Å². The third-order valence-corrected chi connectivity index (χ3v) is 11.3. The molecular formula is C42H47N5O5S2. The number of hydrogen-bond acceptors (Lipinski definition) is 10. The summed E-state index contributed by atoms with van der Waals surface area (Å²) in [5, 5.41) is 24.8. The number of amides is 2. The maximum absolute atomic E-state index is 12.6. The van der Waals surface area contributed by atoms with Crippen molar-refractivity contribution in [2.75, 3.05) is 16.8 Å². The average molecular weight is 766 g/mol. The molecule has 2 amide bonds. The first kappa shape index (κ1) is 39.1. The molecule has 4 aromatic carbocycles. The van der Waals surface area contributed by atoms with Gasteiger partial charge >= 0.3 is 0 Å². The van der Waals surface area contributed by atoms with Gasteiger partial charge in [-0.25, -0.2) is 0 Å². The quantitative estimate of drug-likeness (QED) is 0.0415. The number of nitrogens with one attached hydrogen (secondary N) is 2. The van der Waals surface area contributed by atoms with Gasteiger partial charge in [0.15, 0.2) is 10.6 Å². The summed E-state index contributed by atoms with van der Waals surface area (Å²) < 4.78 is 14.1. The van der Waals surface area contributed by atoms with E-state index in [-0.39, 0.29) is 30.6 Å². The van der Waals surface area contributed by atoms with Crippen molar-refractivity contribution < 1.29 is 24.2 Å². The van der Waals surface area contributed by atoms with Crippen LogP contribution in [-0.4, -0.2) is 39.0 Å². The van der Waals surface area contributed by atoms with E-state index in [2.05, 4.69) is 45.1 Å². The van der Waals surface area contributed by atoms with Crippen molar-refractivity contribution in [1.29, 1.82) is 0 Å². The number of aromatic nitrogens is 2. The Bertz CT molecular complexity index is 1990. The van der Waals surface area contributed by atoms with Crippen LogP contribution < -0.4 is 16.4 Å². The molecule has 1 fully saturated rings. The van der Waals surface area contributed by atoms with E-state index in [9.17, 15) is 14.7 Å². The SMILES string of the molecule is Cc1nnc(SC[C@H]2C[C@@H](c3ccc(CO)cc3)O[C@@H](c3cccc(-c4cccc(CNC(=O)CCCCCCC(=O)Nc5ccccc5N)c4)c3)O2)s1. The van der Waals surface area contributed by atoms with Crippen LogP contribution in [0.2, 0.25) is 0 Å². The number of aliphatic hydroxyl groups excluding tert-OH is 1. The molecule has 1 saturated heterocycles. The number of aryl methyl sites for hydroxylation is 1. The maximum atomic E-state index is 12.6. The monoisotopic (exact) mass is 765 g/mol. The van der Waals surface area contributed by atoms with Crippen LogP contribution in [0.3, 0.4) is 0 Å². The fourth-order valence-electron chi connectivity index (χ4n) is 6.29. The topological polar surface area (TPSA) is 149 Å². The van der Waals surface area contributed by atoms with Gasteiger partial charge in [0.25, 0.3) is 0 Å². The number of hydrogen-bond donors (Lipinski definition) is 4. The number of unbranched alkanes of at least 4 members (excludes halogenated alkanes) is 3. The van der Waals surface area contributed by atoms with Crippen LogP contribution in [0.4, 0.5) is 11.4 Å². The summed E-state index contributed by atoms with van der Waals surface area (Å²) >= 11 is 3.23. The van der Waals surface area contributed by atoms with Crippen LogP contribution in [0.15, 0.2) is 101 Å². The Labute approximate surface area is 324 Å². The number of aliphatic hydroxyl groups is 1. The van der Waals surface area contributed by atoms with Crippen molar-refractivity contribution in [2.24, 2.45) is 0 Å². The van der Waals surface area contributed by atoms with Gasteiger partial charge < -0.3 is 30.9 Å². The molecule has 10 nitrogen and oxygen atoms in total. The molecule has 1 aliphatic heterocycles. The highest BCUT2D eigenvalue weighted by molar-refractivity contribution is 8.01. The molecular weight excluding hydrogens is 719 g/mol. The number of carbonyl (C=O) groups is 2. The molecule has 54 heavy (non-hydrogen) atoms. The van der Waals surface area contributed by atoms with E-state index >= 15 is 0 Å². The summed E-state index contributed by atoms with van der Waals surface area (Å²) in [5.74, 6) is 0.683. The number of ether oxygens (including phenoxy) is 2. The van der Waals surface area contributed by atoms with E-state index < -0.39 is 6.29 Å². The Morgan fingerprint density at radius 3 is 2.31 bits per heavy atom. The Kier molecular flexibility index (Phi) is 14.2. The minimum atomic E-state index is -0.573. The van der Waals surface area contributed by atoms with Crippen molar-refractivity contribution in [3.05, 3.63) is 124 Å². The molecule has 0 bridgehead atoms. The zero-order valence-electron chi connectivity index (χ0n) is 30.4. The summed E-state index contributed by atoms with van der Waals surface area (Å²) in [6, 6.07) is 31.6. The van der Waals surface area contributed by atoms with Crippen molar-refractivity contribution in [3.8, 4) is 11.1 Å². The molecule has 0 unspecified atom stereocenters. The predicted octanol–water partition coefficient (Wildman–Crippen LogP) is 8.52. The number of benzene rings is 4. The molecule has 1 aliphatic rings. The lowest BCUT2D eigenvalue weighted by molar-refractivity contribution is -0.245. The molecule has 12 heteroatoms. The number of thioether (sulfide) groups is 1. The highest BCUT2D eigenvalue weighted by atomic mass is 32.2. The van der Waals surface area contributed by atoms with Gasteiger partial charge in [-0.1, -0.05) is 109 Å². The largest absolute Gasteiger partial charge is 0.397 e. The number of rotatable bonds is 17. The van der Waals surface area contributed by atoms with E-state index in [0.29, 0.717) is 37.2 Å². The fraction of sp³-hybridized carbons (Fsp3) is 0.333. The zero-order chi connectivity index (χ0) is 37.7. The van der Waals surface area contributed by atoms with Crippen molar-refractivity contribution >= 4 is 46.3 Å². The van der Waals surface area contributed by atoms with Gasteiger partial charge in [0.2, 0.25) is 11.8 Å². The Morgan fingerprint density at radius 1 is 0.833 bits per heavy atom. The van der Waals surface area contributed by atoms with Crippen LogP contribution in [0.1, 0.15) is 84.6 Å². The predicted molar refractivity (Wildman–Crippen MR) is 215 cm³/mol. The van der Waals surface area contributed by atoms with Gasteiger partial charge in [0.05, 0.1) is 30.2 Å². The summed E-state index contributed by atoms with van der Waals surface area (Å²) in [4.78, 5) is 24.9. The third kappa shape index (κ3) is 11.5. The molecule has 0 aliphatic carbocycles. The van der Waals surface area contributed by atoms with Crippen LogP contribution in [-0.2, 0) is 32.2 Å². The first-order valence-electron chi connectivity index (χ1n) is 18.4. The average Bonchev–Trinajstić information content (AvgIpc) is 3.63. The Balaban J connectivity index is 1.00.